The molecule has 0 aromatic rings. The van der Waals surface area contributed by atoms with Gasteiger partial charge in [0.05, 0.1) is 26.4 Å². The number of aliphatic hydroxyl groups excluding tert-OH is 1. The van der Waals surface area contributed by atoms with Crippen LogP contribution in [0.2, 0.25) is 0 Å². The first kappa shape index (κ1) is 106. The molecular formula is C89H174O17P2. The van der Waals surface area contributed by atoms with Crippen molar-refractivity contribution < 1.29 is 80.2 Å². The van der Waals surface area contributed by atoms with Gasteiger partial charge in [0.15, 0.2) is 12.2 Å². The number of hydrogen-bond donors (Lipinski definition) is 3. The van der Waals surface area contributed by atoms with E-state index in [0.29, 0.717) is 25.7 Å². The van der Waals surface area contributed by atoms with Gasteiger partial charge in [-0.3, -0.25) is 37.3 Å². The molecule has 108 heavy (non-hydrogen) atoms. The van der Waals surface area contributed by atoms with E-state index >= 15 is 0 Å². The van der Waals surface area contributed by atoms with Crippen molar-refractivity contribution >= 4 is 39.5 Å². The van der Waals surface area contributed by atoms with Crippen LogP contribution in [0.5, 0.6) is 0 Å². The molecule has 0 amide bonds. The van der Waals surface area contributed by atoms with Crippen LogP contribution in [0.15, 0.2) is 0 Å². The van der Waals surface area contributed by atoms with E-state index < -0.39 is 97.5 Å². The lowest BCUT2D eigenvalue weighted by molar-refractivity contribution is -0.161. The minimum absolute atomic E-state index is 0.107. The quantitative estimate of drug-likeness (QED) is 0.0222. The Bertz CT molecular complexity index is 2070. The molecular weight excluding hydrogens is 1400 g/mol. The van der Waals surface area contributed by atoms with Crippen molar-refractivity contribution in [1.29, 1.82) is 0 Å². The van der Waals surface area contributed by atoms with Crippen molar-refractivity contribution in [3.05, 3.63) is 0 Å². The second-order valence-electron chi connectivity index (χ2n) is 32.7. The summed E-state index contributed by atoms with van der Waals surface area (Å²) < 4.78 is 69.0. The first-order chi connectivity index (χ1) is 52.4. The van der Waals surface area contributed by atoms with Crippen LogP contribution in [0.3, 0.4) is 0 Å². The molecule has 19 heteroatoms. The highest BCUT2D eigenvalue weighted by Crippen LogP contribution is 2.45. The van der Waals surface area contributed by atoms with Crippen molar-refractivity contribution in [2.45, 2.75) is 496 Å². The van der Waals surface area contributed by atoms with E-state index in [4.69, 9.17) is 37.0 Å². The number of carbonyl (C=O) groups excluding carboxylic acids is 4. The fourth-order valence-corrected chi connectivity index (χ4v) is 15.5. The Morgan fingerprint density at radius 2 is 0.472 bits per heavy atom. The van der Waals surface area contributed by atoms with Gasteiger partial charge in [-0.05, 0) is 37.5 Å². The lowest BCUT2D eigenvalue weighted by atomic mass is 9.99. The van der Waals surface area contributed by atoms with Gasteiger partial charge in [0.25, 0.3) is 0 Å². The van der Waals surface area contributed by atoms with E-state index in [2.05, 4.69) is 41.5 Å². The number of phosphoric acid groups is 2. The van der Waals surface area contributed by atoms with Gasteiger partial charge in [-0.2, -0.15) is 0 Å². The summed E-state index contributed by atoms with van der Waals surface area (Å²) in [7, 11) is -9.93. The van der Waals surface area contributed by atoms with Gasteiger partial charge in [-0.1, -0.05) is 427 Å². The number of phosphoric ester groups is 2. The monoisotopic (exact) mass is 1580 g/mol. The summed E-state index contributed by atoms with van der Waals surface area (Å²) in [5.74, 6) is -0.535. The average Bonchev–Trinajstić information content (AvgIpc) is 0.899. The first-order valence-electron chi connectivity index (χ1n) is 46.0. The Labute approximate surface area is 664 Å². The van der Waals surface area contributed by atoms with Crippen LogP contribution in [0.1, 0.15) is 478 Å². The predicted octanol–water partition coefficient (Wildman–Crippen LogP) is 27.4. The molecule has 642 valence electrons. The second kappa shape index (κ2) is 80.3. The minimum atomic E-state index is -4.97. The number of esters is 4. The molecule has 0 aliphatic rings. The van der Waals surface area contributed by atoms with Gasteiger partial charge in [0.1, 0.15) is 19.3 Å². The van der Waals surface area contributed by atoms with Gasteiger partial charge in [0.2, 0.25) is 0 Å². The summed E-state index contributed by atoms with van der Waals surface area (Å²) in [5, 5.41) is 10.7. The summed E-state index contributed by atoms with van der Waals surface area (Å²) in [5.41, 5.74) is 0. The molecule has 0 saturated carbocycles. The lowest BCUT2D eigenvalue weighted by Gasteiger charge is -2.21. The summed E-state index contributed by atoms with van der Waals surface area (Å²) in [4.78, 5) is 73.4. The molecule has 3 N–H and O–H groups in total. The summed E-state index contributed by atoms with van der Waals surface area (Å²) in [6.45, 7) is 9.71. The molecule has 0 fully saturated rings. The Morgan fingerprint density at radius 3 is 0.704 bits per heavy atom. The van der Waals surface area contributed by atoms with E-state index in [0.717, 1.165) is 102 Å². The number of hydrogen-bond acceptors (Lipinski definition) is 15. The number of aliphatic hydroxyl groups is 1. The van der Waals surface area contributed by atoms with Crippen LogP contribution in [-0.2, 0) is 65.4 Å². The third kappa shape index (κ3) is 80.7. The molecule has 0 heterocycles. The second-order valence-corrected chi connectivity index (χ2v) is 35.6. The topological polar surface area (TPSA) is 237 Å². The Balaban J connectivity index is 5.25. The third-order valence-electron chi connectivity index (χ3n) is 21.3. The first-order valence-corrected chi connectivity index (χ1v) is 49.0. The van der Waals surface area contributed by atoms with Crippen LogP contribution in [0, 0.1) is 11.8 Å². The molecule has 17 nitrogen and oxygen atoms in total. The van der Waals surface area contributed by atoms with Crippen molar-refractivity contribution in [2.24, 2.45) is 11.8 Å². The molecule has 0 aliphatic heterocycles. The van der Waals surface area contributed by atoms with Crippen LogP contribution in [0.25, 0.3) is 0 Å². The van der Waals surface area contributed by atoms with Crippen LogP contribution < -0.4 is 0 Å². The number of ether oxygens (including phenoxy) is 4. The van der Waals surface area contributed by atoms with E-state index in [1.165, 1.54) is 295 Å². The highest BCUT2D eigenvalue weighted by atomic mass is 31.2. The minimum Gasteiger partial charge on any atom is -0.462 e. The highest BCUT2D eigenvalue weighted by Gasteiger charge is 2.31. The highest BCUT2D eigenvalue weighted by molar-refractivity contribution is 7.47. The van der Waals surface area contributed by atoms with Gasteiger partial charge in [-0.25, -0.2) is 9.13 Å². The standard InChI is InChI=1S/C89H174O17P2/c1-7-10-12-14-16-18-20-22-24-26-28-30-32-34-38-42-46-53-59-65-71-86(91)99-77-84(105-88(93)73-67-61-55-47-43-39-35-33-31-29-27-25-23-21-19-17-15-13-11-8-2)79-103-107(95,96)101-75-83(90)76-102-108(97,98)104-80-85(78-100-87(92)72-66-60-54-50-49-52-58-64-70-82(6)9-3)106-89(94)74-68-62-56-48-44-40-36-37-41-45-51-57-63-69-81(4)5/h81-85,90H,7-80H2,1-6H3,(H,95,96)(H,97,98)/t82?,83-,84-,85-/m1/s1. The SMILES string of the molecule is CCCCCCCCCCCCCCCCCCCCCCC(=O)OC[C@H](COP(=O)(O)OC[C@@H](O)COP(=O)(O)OC[C@@H](COC(=O)CCCCCCCCCCC(C)CC)OC(=O)CCCCCCCCCCCCCCCC(C)C)OC(=O)CCCCCCCCCCCCCCCCCCCCCC. The van der Waals surface area contributed by atoms with E-state index in [-0.39, 0.29) is 25.7 Å². The van der Waals surface area contributed by atoms with E-state index in [1.54, 1.807) is 0 Å². The van der Waals surface area contributed by atoms with E-state index in [9.17, 15) is 43.2 Å². The zero-order valence-electron chi connectivity index (χ0n) is 71.2. The molecule has 0 aromatic carbocycles. The van der Waals surface area contributed by atoms with Crippen LogP contribution in [-0.4, -0.2) is 96.7 Å². The summed E-state index contributed by atoms with van der Waals surface area (Å²) >= 11 is 0. The van der Waals surface area contributed by atoms with Gasteiger partial charge >= 0.3 is 39.5 Å². The Kier molecular flexibility index (Phi) is 78.8. The van der Waals surface area contributed by atoms with Crippen molar-refractivity contribution in [2.75, 3.05) is 39.6 Å². The summed E-state index contributed by atoms with van der Waals surface area (Å²) in [6.07, 6.45) is 73.6. The zero-order chi connectivity index (χ0) is 79.2. The third-order valence-corrected chi connectivity index (χ3v) is 23.2. The maximum Gasteiger partial charge on any atom is 0.472 e. The molecule has 6 atom stereocenters. The molecule has 0 rings (SSSR count). The predicted molar refractivity (Wildman–Crippen MR) is 446 cm³/mol. The van der Waals surface area contributed by atoms with Crippen LogP contribution in [0.4, 0.5) is 0 Å². The van der Waals surface area contributed by atoms with Gasteiger partial charge in [0, 0.05) is 25.7 Å². The molecule has 0 aromatic heterocycles. The molecule has 0 spiro atoms. The molecule has 0 saturated heterocycles. The molecule has 3 unspecified atom stereocenters. The number of carbonyl (C=O) groups is 4. The fourth-order valence-electron chi connectivity index (χ4n) is 13.9. The Hall–Kier alpha value is -1.94. The normalized spacial score (nSPS) is 14.0. The van der Waals surface area contributed by atoms with Gasteiger partial charge < -0.3 is 33.8 Å². The smallest absolute Gasteiger partial charge is 0.462 e. The number of unbranched alkanes of at least 4 members (excludes halogenated alkanes) is 57. The van der Waals surface area contributed by atoms with Crippen molar-refractivity contribution in [3.8, 4) is 0 Å². The zero-order valence-corrected chi connectivity index (χ0v) is 73.0. The number of rotatable bonds is 88. The maximum atomic E-state index is 13.2. The van der Waals surface area contributed by atoms with Crippen LogP contribution >= 0.6 is 15.6 Å². The van der Waals surface area contributed by atoms with Crippen molar-refractivity contribution in [3.63, 3.8) is 0 Å². The summed E-state index contributed by atoms with van der Waals surface area (Å²) in [6, 6.07) is 0. The molecule has 0 bridgehead atoms. The maximum absolute atomic E-state index is 13.2. The van der Waals surface area contributed by atoms with Gasteiger partial charge in [-0.15, -0.1) is 0 Å². The fraction of sp³-hybridized carbons (Fsp3) is 0.955. The molecule has 0 radical (unpaired) electrons. The van der Waals surface area contributed by atoms with E-state index in [1.807, 2.05) is 0 Å². The largest absolute Gasteiger partial charge is 0.472 e. The Morgan fingerprint density at radius 1 is 0.269 bits per heavy atom. The van der Waals surface area contributed by atoms with Crippen molar-refractivity contribution in [1.82, 2.24) is 0 Å². The molecule has 0 aliphatic carbocycles. The lowest BCUT2D eigenvalue weighted by Crippen LogP contribution is -2.30. The average molecular weight is 1580 g/mol.